The van der Waals surface area contributed by atoms with Crippen molar-refractivity contribution < 1.29 is 4.92 Å². The van der Waals surface area contributed by atoms with E-state index in [9.17, 15) is 10.1 Å². The molecule has 0 saturated carbocycles. The van der Waals surface area contributed by atoms with Gasteiger partial charge in [0.05, 0.1) is 5.56 Å². The Morgan fingerprint density at radius 1 is 1.12 bits per heavy atom. The molecule has 0 unspecified atom stereocenters. The molecule has 0 radical (unpaired) electrons. The summed E-state index contributed by atoms with van der Waals surface area (Å²) in [5.74, 6) is -0.180. The predicted molar refractivity (Wildman–Crippen MR) is 60.7 cm³/mol. The molecule has 1 aromatic heterocycles. The number of nitrogens with zero attached hydrogens (tertiary/aromatic N) is 2. The zero-order valence-electron chi connectivity index (χ0n) is 8.33. The van der Waals surface area contributed by atoms with Gasteiger partial charge in [-0.2, -0.15) is 0 Å². The topological polar surface area (TPSA) is 82.0 Å². The monoisotopic (exact) mass is 215 g/mol. The van der Waals surface area contributed by atoms with E-state index in [1.807, 2.05) is 0 Å². The minimum absolute atomic E-state index is 0.180. The van der Waals surface area contributed by atoms with Crippen LogP contribution in [0, 0.1) is 10.1 Å². The Morgan fingerprint density at radius 3 is 2.50 bits per heavy atom. The SMILES string of the molecule is Nc1ccccc1-c1cccnc1[N+](=O)[O-]. The van der Waals surface area contributed by atoms with Crippen molar-refractivity contribution in [2.24, 2.45) is 0 Å². The molecule has 2 rings (SSSR count). The van der Waals surface area contributed by atoms with E-state index in [0.717, 1.165) is 0 Å². The molecule has 0 atom stereocenters. The first-order valence-electron chi connectivity index (χ1n) is 4.64. The molecule has 0 amide bonds. The molecule has 0 bridgehead atoms. The van der Waals surface area contributed by atoms with Crippen LogP contribution < -0.4 is 5.73 Å². The van der Waals surface area contributed by atoms with Crippen LogP contribution >= 0.6 is 0 Å². The minimum atomic E-state index is -0.512. The van der Waals surface area contributed by atoms with Gasteiger partial charge >= 0.3 is 5.82 Å². The van der Waals surface area contributed by atoms with E-state index in [1.165, 1.54) is 6.20 Å². The molecule has 0 aliphatic rings. The summed E-state index contributed by atoms with van der Waals surface area (Å²) in [6.45, 7) is 0. The Morgan fingerprint density at radius 2 is 1.81 bits per heavy atom. The fourth-order valence-corrected chi connectivity index (χ4v) is 1.49. The standard InChI is InChI=1S/C11H9N3O2/c12-10-6-2-1-4-8(10)9-5-3-7-13-11(9)14(15)16/h1-7H,12H2. The molecule has 0 spiro atoms. The quantitative estimate of drug-likeness (QED) is 0.473. The van der Waals surface area contributed by atoms with Crippen molar-refractivity contribution in [3.05, 3.63) is 52.7 Å². The average molecular weight is 215 g/mol. The summed E-state index contributed by atoms with van der Waals surface area (Å²) < 4.78 is 0. The molecule has 5 nitrogen and oxygen atoms in total. The lowest BCUT2D eigenvalue weighted by atomic mass is 10.1. The van der Waals surface area contributed by atoms with Gasteiger partial charge in [0.2, 0.25) is 0 Å². The van der Waals surface area contributed by atoms with Gasteiger partial charge in [0.15, 0.2) is 0 Å². The first kappa shape index (κ1) is 10.1. The number of anilines is 1. The molecule has 0 aliphatic heterocycles. The highest BCUT2D eigenvalue weighted by Crippen LogP contribution is 2.31. The second-order valence-corrected chi connectivity index (χ2v) is 3.22. The first-order chi connectivity index (χ1) is 7.70. The summed E-state index contributed by atoms with van der Waals surface area (Å²) in [6, 6.07) is 10.3. The highest BCUT2D eigenvalue weighted by Gasteiger charge is 2.16. The van der Waals surface area contributed by atoms with Crippen LogP contribution in [0.2, 0.25) is 0 Å². The number of nitrogen functional groups attached to an aromatic ring is 1. The summed E-state index contributed by atoms with van der Waals surface area (Å²) in [6.07, 6.45) is 1.39. The van der Waals surface area contributed by atoms with Crippen LogP contribution in [0.3, 0.4) is 0 Å². The third-order valence-corrected chi connectivity index (χ3v) is 2.21. The van der Waals surface area contributed by atoms with Crippen LogP contribution in [0.1, 0.15) is 0 Å². The molecular formula is C11H9N3O2. The van der Waals surface area contributed by atoms with Crippen molar-refractivity contribution in [1.29, 1.82) is 0 Å². The smallest absolute Gasteiger partial charge is 0.371 e. The van der Waals surface area contributed by atoms with E-state index in [-0.39, 0.29) is 5.82 Å². The molecule has 1 aromatic carbocycles. The van der Waals surface area contributed by atoms with Gasteiger partial charge in [0.25, 0.3) is 0 Å². The van der Waals surface area contributed by atoms with Crippen LogP contribution in [0.25, 0.3) is 11.1 Å². The molecule has 2 N–H and O–H groups in total. The van der Waals surface area contributed by atoms with Gasteiger partial charge in [0, 0.05) is 11.3 Å². The predicted octanol–water partition coefficient (Wildman–Crippen LogP) is 2.24. The Labute approximate surface area is 91.7 Å². The number of rotatable bonds is 2. The van der Waals surface area contributed by atoms with Gasteiger partial charge in [-0.15, -0.1) is 0 Å². The second-order valence-electron chi connectivity index (χ2n) is 3.22. The van der Waals surface area contributed by atoms with E-state index >= 15 is 0 Å². The fraction of sp³-hybridized carbons (Fsp3) is 0. The zero-order chi connectivity index (χ0) is 11.5. The highest BCUT2D eigenvalue weighted by molar-refractivity contribution is 5.80. The number of benzene rings is 1. The average Bonchev–Trinajstić information content (AvgIpc) is 2.29. The molecular weight excluding hydrogens is 206 g/mol. The van der Waals surface area contributed by atoms with Gasteiger partial charge in [-0.3, -0.25) is 0 Å². The number of hydrogen-bond acceptors (Lipinski definition) is 4. The first-order valence-corrected chi connectivity index (χ1v) is 4.64. The molecule has 0 aliphatic carbocycles. The summed E-state index contributed by atoms with van der Waals surface area (Å²) in [5, 5.41) is 10.8. The van der Waals surface area contributed by atoms with E-state index in [4.69, 9.17) is 5.73 Å². The lowest BCUT2D eigenvalue weighted by Crippen LogP contribution is -1.97. The largest absolute Gasteiger partial charge is 0.398 e. The maximum absolute atomic E-state index is 10.8. The summed E-state index contributed by atoms with van der Waals surface area (Å²) in [5.41, 5.74) is 7.33. The highest BCUT2D eigenvalue weighted by atomic mass is 16.6. The number of nitro groups is 1. The Bertz CT molecular complexity index is 540. The van der Waals surface area contributed by atoms with Gasteiger partial charge in [-0.1, -0.05) is 18.2 Å². The molecule has 0 saturated heterocycles. The van der Waals surface area contributed by atoms with Crippen LogP contribution in [0.4, 0.5) is 11.5 Å². The minimum Gasteiger partial charge on any atom is -0.398 e. The lowest BCUT2D eigenvalue weighted by molar-refractivity contribution is -0.388. The molecule has 2 aromatic rings. The third kappa shape index (κ3) is 1.70. The molecule has 0 fully saturated rings. The normalized spacial score (nSPS) is 10.0. The van der Waals surface area contributed by atoms with Crippen molar-refractivity contribution in [1.82, 2.24) is 4.98 Å². The summed E-state index contributed by atoms with van der Waals surface area (Å²) in [7, 11) is 0. The number of nitrogens with two attached hydrogens (primary N) is 1. The van der Waals surface area contributed by atoms with Crippen molar-refractivity contribution in [2.45, 2.75) is 0 Å². The number of para-hydroxylation sites is 1. The molecule has 80 valence electrons. The lowest BCUT2D eigenvalue weighted by Gasteiger charge is -2.05. The van der Waals surface area contributed by atoms with Crippen LogP contribution in [0.15, 0.2) is 42.6 Å². The van der Waals surface area contributed by atoms with E-state index in [1.54, 1.807) is 36.4 Å². The Hall–Kier alpha value is -2.43. The molecule has 1 heterocycles. The van der Waals surface area contributed by atoms with Crippen molar-refractivity contribution in [3.8, 4) is 11.1 Å². The van der Waals surface area contributed by atoms with Gasteiger partial charge in [-0.25, -0.2) is 0 Å². The zero-order valence-corrected chi connectivity index (χ0v) is 8.33. The van der Waals surface area contributed by atoms with Crippen LogP contribution in [-0.4, -0.2) is 9.91 Å². The van der Waals surface area contributed by atoms with Crippen molar-refractivity contribution in [2.75, 3.05) is 5.73 Å². The van der Waals surface area contributed by atoms with Gasteiger partial charge in [-0.05, 0) is 28.1 Å². The summed E-state index contributed by atoms with van der Waals surface area (Å²) >= 11 is 0. The van der Waals surface area contributed by atoms with Gasteiger partial charge in [0.1, 0.15) is 6.20 Å². The van der Waals surface area contributed by atoms with Gasteiger partial charge < -0.3 is 15.8 Å². The summed E-state index contributed by atoms with van der Waals surface area (Å²) in [4.78, 5) is 14.0. The Balaban J connectivity index is 2.65. The third-order valence-electron chi connectivity index (χ3n) is 2.21. The van der Waals surface area contributed by atoms with Crippen molar-refractivity contribution >= 4 is 11.5 Å². The number of pyridine rings is 1. The Kier molecular flexibility index (Phi) is 2.51. The van der Waals surface area contributed by atoms with E-state index in [2.05, 4.69) is 4.98 Å². The number of hydrogen-bond donors (Lipinski definition) is 1. The van der Waals surface area contributed by atoms with E-state index < -0.39 is 4.92 Å². The second kappa shape index (κ2) is 3.98. The van der Waals surface area contributed by atoms with E-state index in [0.29, 0.717) is 16.8 Å². The maximum Gasteiger partial charge on any atom is 0.371 e. The van der Waals surface area contributed by atoms with Crippen LogP contribution in [-0.2, 0) is 0 Å². The maximum atomic E-state index is 10.8. The fourth-order valence-electron chi connectivity index (χ4n) is 1.49. The molecule has 16 heavy (non-hydrogen) atoms. The number of aromatic nitrogens is 1. The van der Waals surface area contributed by atoms with Crippen molar-refractivity contribution in [3.63, 3.8) is 0 Å². The molecule has 5 heteroatoms. The van der Waals surface area contributed by atoms with Crippen LogP contribution in [0.5, 0.6) is 0 Å².